The van der Waals surface area contributed by atoms with E-state index >= 15 is 0 Å². The molecule has 1 aliphatic carbocycles. The highest BCUT2D eigenvalue weighted by atomic mass is 16.6. The van der Waals surface area contributed by atoms with Crippen molar-refractivity contribution in [1.82, 2.24) is 4.90 Å². The second kappa shape index (κ2) is 25.1. The maximum absolute atomic E-state index is 14.4. The number of hydrogen-bond acceptors (Lipinski definition) is 13. The van der Waals surface area contributed by atoms with Crippen molar-refractivity contribution < 1.29 is 63.3 Å². The van der Waals surface area contributed by atoms with Crippen LogP contribution in [0, 0.1) is 41.4 Å². The summed E-state index contributed by atoms with van der Waals surface area (Å²) in [6.07, 6.45) is 12.0. The molecular weight excluding hydrogens is 835 g/mol. The first-order valence-electron chi connectivity index (χ1n) is 24.0. The molecule has 1 saturated carbocycles. The third kappa shape index (κ3) is 14.3. The van der Waals surface area contributed by atoms with Gasteiger partial charge in [0.05, 0.1) is 43.0 Å². The van der Waals surface area contributed by atoms with E-state index < -0.39 is 90.3 Å². The molecule has 4 aliphatic rings. The van der Waals surface area contributed by atoms with E-state index in [1.165, 1.54) is 4.90 Å². The number of amides is 1. The van der Waals surface area contributed by atoms with Crippen LogP contribution in [0.4, 0.5) is 0 Å². The first-order chi connectivity index (χ1) is 30.7. The average molecular weight is 914 g/mol. The minimum Gasteiger partial charge on any atom is -0.460 e. The van der Waals surface area contributed by atoms with E-state index in [-0.39, 0.29) is 54.8 Å². The number of piperidine rings is 1. The Kier molecular flexibility index (Phi) is 21.0. The zero-order valence-corrected chi connectivity index (χ0v) is 40.4. The van der Waals surface area contributed by atoms with Gasteiger partial charge in [-0.1, -0.05) is 71.1 Å². The number of nitrogens with zero attached hydrogens (tertiary/aromatic N) is 1. The van der Waals surface area contributed by atoms with Crippen LogP contribution in [-0.2, 0) is 42.9 Å². The molecule has 0 spiro atoms. The van der Waals surface area contributed by atoms with Gasteiger partial charge >= 0.3 is 5.97 Å². The Bertz CT molecular complexity index is 1760. The molecule has 15 atom stereocenters. The normalized spacial score (nSPS) is 40.4. The molecule has 0 aromatic heterocycles. The van der Waals surface area contributed by atoms with Gasteiger partial charge in [0.25, 0.3) is 11.7 Å². The van der Waals surface area contributed by atoms with Gasteiger partial charge in [-0.2, -0.15) is 0 Å². The number of carbonyl (C=O) groups excluding carboxylic acids is 5. The number of fused-ring (bicyclic) bond motifs is 3. The number of hydrogen-bond donors (Lipinski definition) is 4. The summed E-state index contributed by atoms with van der Waals surface area (Å²) in [5.41, 5.74) is 1.22. The molecule has 1 amide bonds. The predicted molar refractivity (Wildman–Crippen MR) is 245 cm³/mol. The number of allylic oxidation sites excluding steroid dienone is 6. The Morgan fingerprint density at radius 2 is 1.60 bits per heavy atom. The Labute approximate surface area is 386 Å². The van der Waals surface area contributed by atoms with Gasteiger partial charge in [0.1, 0.15) is 23.7 Å². The predicted octanol–water partition coefficient (Wildman–Crippen LogP) is 5.77. The molecule has 3 heterocycles. The topological polar surface area (TPSA) is 206 Å². The lowest BCUT2D eigenvalue weighted by Gasteiger charge is -2.42. The molecule has 4 rings (SSSR count). The summed E-state index contributed by atoms with van der Waals surface area (Å²) in [7, 11) is 3.13. The summed E-state index contributed by atoms with van der Waals surface area (Å²) >= 11 is 0. The third-order valence-electron chi connectivity index (χ3n) is 14.6. The first kappa shape index (κ1) is 54.2. The zero-order valence-electron chi connectivity index (χ0n) is 40.4. The molecule has 2 bridgehead atoms. The lowest BCUT2D eigenvalue weighted by atomic mass is 9.78. The minimum atomic E-state index is -2.43. The van der Waals surface area contributed by atoms with E-state index in [1.54, 1.807) is 48.0 Å². The van der Waals surface area contributed by atoms with Crippen molar-refractivity contribution in [3.8, 4) is 0 Å². The highest BCUT2D eigenvalue weighted by Gasteiger charge is 2.53. The molecule has 0 aromatic carbocycles. The van der Waals surface area contributed by atoms with Crippen LogP contribution in [0.25, 0.3) is 0 Å². The third-order valence-corrected chi connectivity index (χ3v) is 14.6. The first-order valence-corrected chi connectivity index (χ1v) is 24.0. The van der Waals surface area contributed by atoms with Gasteiger partial charge < -0.3 is 44.3 Å². The fraction of sp³-hybridized carbons (Fsp3) is 0.745. The summed E-state index contributed by atoms with van der Waals surface area (Å²) in [6, 6.07) is -1.15. The quantitative estimate of drug-likeness (QED) is 0.142. The van der Waals surface area contributed by atoms with Crippen LogP contribution in [0.1, 0.15) is 126 Å². The van der Waals surface area contributed by atoms with E-state index in [4.69, 9.17) is 18.9 Å². The van der Waals surface area contributed by atoms with Crippen LogP contribution >= 0.6 is 0 Å². The fourth-order valence-corrected chi connectivity index (χ4v) is 10.2. The van der Waals surface area contributed by atoms with Crippen LogP contribution in [0.2, 0.25) is 0 Å². The van der Waals surface area contributed by atoms with Crippen LogP contribution in [0.3, 0.4) is 0 Å². The Morgan fingerprint density at radius 3 is 2.28 bits per heavy atom. The van der Waals surface area contributed by atoms with Crippen LogP contribution < -0.4 is 0 Å². The van der Waals surface area contributed by atoms with Gasteiger partial charge in [0, 0.05) is 51.4 Å². The van der Waals surface area contributed by atoms with E-state index in [9.17, 15) is 44.4 Å². The van der Waals surface area contributed by atoms with E-state index in [0.29, 0.717) is 69.8 Å². The lowest BCUT2D eigenvalue weighted by Crippen LogP contribution is -2.61. The number of aliphatic hydroxyl groups excluding tert-OH is 3. The molecule has 4 N–H and O–H groups in total. The van der Waals surface area contributed by atoms with Crippen LogP contribution in [0.15, 0.2) is 47.6 Å². The van der Waals surface area contributed by atoms with Gasteiger partial charge in [0.2, 0.25) is 5.79 Å². The van der Waals surface area contributed by atoms with Crippen LogP contribution in [0.5, 0.6) is 0 Å². The highest BCUT2D eigenvalue weighted by Crippen LogP contribution is 2.38. The van der Waals surface area contributed by atoms with Crippen molar-refractivity contribution in [2.24, 2.45) is 41.4 Å². The van der Waals surface area contributed by atoms with Crippen molar-refractivity contribution >= 4 is 29.2 Å². The number of rotatable bonds is 6. The molecular formula is C51H79NO13. The van der Waals surface area contributed by atoms with Gasteiger partial charge in [-0.05, 0) is 107 Å². The number of ketones is 3. The summed E-state index contributed by atoms with van der Waals surface area (Å²) in [6.45, 7) is 12.0. The Hall–Kier alpha value is -3.37. The summed E-state index contributed by atoms with van der Waals surface area (Å²) in [5, 5.41) is 44.1. The second-order valence-corrected chi connectivity index (χ2v) is 19.7. The summed E-state index contributed by atoms with van der Waals surface area (Å²) in [4.78, 5) is 71.7. The standard InChI is InChI=1S/C51H79NO13/c1-30-15-11-10-12-16-31(2)43(62-8)27-38-20-18-36(7)51(61,65-38)48(58)49(59)52-22-14-13-17-40(52)50(60)64-44(33(4)25-37-19-21-41(54)45(26-37)63-9)28-42(55)32(3)24-35(6)47(57)39(29-53)46(56)34(5)23-30/h10-12,15-16,24,30,32-34,36-41,43-45,47,53-54,57,61H,13-14,17-23,25-29H2,1-9H3/b12-10+,15-11+,31-16+,35-24+. The molecule has 3 fully saturated rings. The number of carbonyl (C=O) groups is 5. The van der Waals surface area contributed by atoms with E-state index in [0.717, 1.165) is 5.57 Å². The molecule has 65 heavy (non-hydrogen) atoms. The molecule has 3 aliphatic heterocycles. The van der Waals surface area contributed by atoms with Crippen molar-refractivity contribution in [2.75, 3.05) is 27.4 Å². The molecule has 366 valence electrons. The van der Waals surface area contributed by atoms with Crippen molar-refractivity contribution in [1.29, 1.82) is 0 Å². The van der Waals surface area contributed by atoms with Crippen LogP contribution in [-0.4, -0.2) is 130 Å². The molecule has 2 saturated heterocycles. The fourth-order valence-electron chi connectivity index (χ4n) is 10.2. The molecule has 14 nitrogen and oxygen atoms in total. The number of methoxy groups -OCH3 is 2. The van der Waals surface area contributed by atoms with Crippen molar-refractivity contribution in [3.05, 3.63) is 47.6 Å². The maximum Gasteiger partial charge on any atom is 0.329 e. The minimum absolute atomic E-state index is 0.00677. The van der Waals surface area contributed by atoms with E-state index in [2.05, 4.69) is 0 Å². The monoisotopic (exact) mass is 914 g/mol. The lowest BCUT2D eigenvalue weighted by molar-refractivity contribution is -0.265. The maximum atomic E-state index is 14.4. The molecule has 0 aromatic rings. The number of Topliss-reactive ketones (excluding diaryl/α,β-unsaturated/α-hetero) is 3. The average Bonchev–Trinajstić information content (AvgIpc) is 3.28. The number of aliphatic hydroxyl groups is 4. The summed E-state index contributed by atoms with van der Waals surface area (Å²) in [5.74, 6) is -9.25. The van der Waals surface area contributed by atoms with Gasteiger partial charge in [-0.25, -0.2) is 4.79 Å². The number of cyclic esters (lactones) is 1. The largest absolute Gasteiger partial charge is 0.460 e. The highest BCUT2D eigenvalue weighted by molar-refractivity contribution is 6.39. The number of esters is 1. The molecule has 15 unspecified atom stereocenters. The van der Waals surface area contributed by atoms with Gasteiger partial charge in [-0.3, -0.25) is 19.2 Å². The zero-order chi connectivity index (χ0) is 48.2. The Balaban J connectivity index is 1.70. The van der Waals surface area contributed by atoms with Gasteiger partial charge in [-0.15, -0.1) is 0 Å². The second-order valence-electron chi connectivity index (χ2n) is 19.7. The Morgan fingerprint density at radius 1 is 0.877 bits per heavy atom. The van der Waals surface area contributed by atoms with Crippen molar-refractivity contribution in [3.63, 3.8) is 0 Å². The van der Waals surface area contributed by atoms with Gasteiger partial charge in [0.15, 0.2) is 0 Å². The molecule has 14 heteroatoms. The smallest absolute Gasteiger partial charge is 0.329 e. The number of ether oxygens (including phenoxy) is 4. The van der Waals surface area contributed by atoms with Crippen molar-refractivity contribution in [2.45, 2.75) is 174 Å². The SMILES string of the molecule is COC1CC2CCC(C)C(O)(O2)C(=O)C(=O)N2CCCCC2C(=O)OC(C(C)CC2CCC(O)C(OC)C2)CC(=O)C(C)/C=C(\C)C(O)C(CO)C(=O)C(C)CC(C)/C=C/C=C/C=C/1C. The summed E-state index contributed by atoms with van der Waals surface area (Å²) < 4.78 is 23.8. The molecule has 0 radical (unpaired) electrons. The van der Waals surface area contributed by atoms with E-state index in [1.807, 2.05) is 51.2 Å².